The first-order chi connectivity index (χ1) is 10.0. The molecular weight excluding hydrogens is 272 g/mol. The molecule has 116 valence electrons. The summed E-state index contributed by atoms with van der Waals surface area (Å²) >= 11 is 0. The van der Waals surface area contributed by atoms with Crippen LogP contribution in [0.15, 0.2) is 18.2 Å². The Morgan fingerprint density at radius 3 is 2.57 bits per heavy atom. The number of rotatable bonds is 5. The van der Waals surface area contributed by atoms with Gasteiger partial charge in [-0.2, -0.15) is 0 Å². The third kappa shape index (κ3) is 3.86. The van der Waals surface area contributed by atoms with E-state index in [-0.39, 0.29) is 5.75 Å². The zero-order valence-electron chi connectivity index (χ0n) is 12.5. The lowest BCUT2D eigenvalue weighted by Crippen LogP contribution is -2.51. The number of ether oxygens (including phenoxy) is 1. The van der Waals surface area contributed by atoms with Crippen LogP contribution in [0.5, 0.6) is 11.5 Å². The first-order valence-electron chi connectivity index (χ1n) is 7.06. The number of phenolic OH excluding ortho intramolecular Hbond substituents is 1. The molecule has 0 spiro atoms. The van der Waals surface area contributed by atoms with Gasteiger partial charge in [0.2, 0.25) is 0 Å². The fourth-order valence-electron chi connectivity index (χ4n) is 2.54. The molecule has 0 aromatic heterocycles. The summed E-state index contributed by atoms with van der Waals surface area (Å²) in [5.74, 6) is -0.154. The van der Waals surface area contributed by atoms with Gasteiger partial charge in [-0.1, -0.05) is 6.07 Å². The lowest BCUT2D eigenvalue weighted by atomic mass is 10.1. The minimum atomic E-state index is -0.772. The van der Waals surface area contributed by atoms with Gasteiger partial charge < -0.3 is 14.9 Å². The maximum Gasteiger partial charge on any atom is 0.320 e. The highest BCUT2D eigenvalue weighted by Crippen LogP contribution is 2.27. The molecule has 6 heteroatoms. The van der Waals surface area contributed by atoms with Crippen LogP contribution in [-0.2, 0) is 11.3 Å². The summed E-state index contributed by atoms with van der Waals surface area (Å²) in [5.41, 5.74) is 1.07. The molecule has 6 nitrogen and oxygen atoms in total. The van der Waals surface area contributed by atoms with E-state index in [1.165, 1.54) is 7.11 Å². The molecule has 21 heavy (non-hydrogen) atoms. The van der Waals surface area contributed by atoms with Gasteiger partial charge in [0.25, 0.3) is 0 Å². The van der Waals surface area contributed by atoms with Crippen molar-refractivity contribution in [2.75, 3.05) is 33.3 Å². The molecule has 1 saturated heterocycles. The Hall–Kier alpha value is -1.79. The number of hydrogen-bond donors (Lipinski definition) is 2. The van der Waals surface area contributed by atoms with Crippen LogP contribution in [0.4, 0.5) is 0 Å². The molecule has 1 fully saturated rings. The van der Waals surface area contributed by atoms with E-state index in [0.29, 0.717) is 5.75 Å². The number of phenols is 1. The molecule has 1 aromatic carbocycles. The number of carboxylic acids is 1. The Morgan fingerprint density at radius 1 is 1.33 bits per heavy atom. The monoisotopic (exact) mass is 294 g/mol. The van der Waals surface area contributed by atoms with E-state index in [2.05, 4.69) is 4.90 Å². The smallest absolute Gasteiger partial charge is 0.320 e. The number of aliphatic carboxylic acids is 1. The highest BCUT2D eigenvalue weighted by Gasteiger charge is 2.25. The van der Waals surface area contributed by atoms with Crippen molar-refractivity contribution in [3.05, 3.63) is 23.8 Å². The fourth-order valence-corrected chi connectivity index (χ4v) is 2.54. The lowest BCUT2D eigenvalue weighted by Gasteiger charge is -2.36. The van der Waals surface area contributed by atoms with Crippen molar-refractivity contribution in [3.8, 4) is 11.5 Å². The van der Waals surface area contributed by atoms with Crippen LogP contribution < -0.4 is 4.74 Å². The van der Waals surface area contributed by atoms with E-state index < -0.39 is 12.0 Å². The van der Waals surface area contributed by atoms with E-state index in [1.54, 1.807) is 13.0 Å². The summed E-state index contributed by atoms with van der Waals surface area (Å²) in [4.78, 5) is 15.2. The lowest BCUT2D eigenvalue weighted by molar-refractivity contribution is -0.143. The second-order valence-electron chi connectivity index (χ2n) is 5.33. The molecule has 1 aliphatic heterocycles. The van der Waals surface area contributed by atoms with Crippen molar-refractivity contribution in [1.82, 2.24) is 9.80 Å². The molecule has 0 aliphatic carbocycles. The SMILES string of the molecule is COc1cc(CN2CCN(C(C)C(=O)O)CC2)ccc1O. The van der Waals surface area contributed by atoms with E-state index >= 15 is 0 Å². The summed E-state index contributed by atoms with van der Waals surface area (Å²) in [5, 5.41) is 18.6. The van der Waals surface area contributed by atoms with E-state index in [9.17, 15) is 9.90 Å². The first kappa shape index (κ1) is 15.6. The van der Waals surface area contributed by atoms with Crippen LogP contribution in [0, 0.1) is 0 Å². The zero-order valence-corrected chi connectivity index (χ0v) is 12.5. The minimum absolute atomic E-state index is 0.140. The highest BCUT2D eigenvalue weighted by atomic mass is 16.5. The van der Waals surface area contributed by atoms with Gasteiger partial charge in [0.05, 0.1) is 7.11 Å². The van der Waals surface area contributed by atoms with Crippen LogP contribution in [0.3, 0.4) is 0 Å². The predicted octanol–water partition coefficient (Wildman–Crippen LogP) is 0.991. The minimum Gasteiger partial charge on any atom is -0.504 e. The summed E-state index contributed by atoms with van der Waals surface area (Å²) in [6.45, 7) is 5.67. The maximum absolute atomic E-state index is 11.0. The number of piperazine rings is 1. The highest BCUT2D eigenvalue weighted by molar-refractivity contribution is 5.72. The number of methoxy groups -OCH3 is 1. The Morgan fingerprint density at radius 2 is 2.00 bits per heavy atom. The van der Waals surface area contributed by atoms with E-state index in [4.69, 9.17) is 9.84 Å². The summed E-state index contributed by atoms with van der Waals surface area (Å²) < 4.78 is 5.11. The third-order valence-corrected chi connectivity index (χ3v) is 3.96. The molecule has 1 heterocycles. The Kier molecular flexibility index (Phi) is 5.03. The van der Waals surface area contributed by atoms with Gasteiger partial charge in [-0.25, -0.2) is 0 Å². The number of carbonyl (C=O) groups is 1. The van der Waals surface area contributed by atoms with E-state index in [1.807, 2.05) is 17.0 Å². The van der Waals surface area contributed by atoms with Gasteiger partial charge >= 0.3 is 5.97 Å². The van der Waals surface area contributed by atoms with Crippen LogP contribution in [-0.4, -0.2) is 65.3 Å². The van der Waals surface area contributed by atoms with Crippen LogP contribution in [0.2, 0.25) is 0 Å². The van der Waals surface area contributed by atoms with Crippen molar-refractivity contribution in [2.24, 2.45) is 0 Å². The second-order valence-corrected chi connectivity index (χ2v) is 5.33. The average Bonchev–Trinajstić information content (AvgIpc) is 2.49. The van der Waals surface area contributed by atoms with Crippen LogP contribution in [0.1, 0.15) is 12.5 Å². The van der Waals surface area contributed by atoms with Crippen molar-refractivity contribution in [2.45, 2.75) is 19.5 Å². The van der Waals surface area contributed by atoms with Gasteiger partial charge in [0, 0.05) is 32.7 Å². The van der Waals surface area contributed by atoms with Crippen molar-refractivity contribution < 1.29 is 19.7 Å². The largest absolute Gasteiger partial charge is 0.504 e. The van der Waals surface area contributed by atoms with E-state index in [0.717, 1.165) is 38.3 Å². The second kappa shape index (κ2) is 6.78. The van der Waals surface area contributed by atoms with Gasteiger partial charge in [-0.3, -0.25) is 14.6 Å². The van der Waals surface area contributed by atoms with Crippen molar-refractivity contribution >= 4 is 5.97 Å². The Balaban J connectivity index is 1.90. The van der Waals surface area contributed by atoms with Gasteiger partial charge in [0.15, 0.2) is 11.5 Å². The molecule has 0 saturated carbocycles. The quantitative estimate of drug-likeness (QED) is 0.844. The number of nitrogens with zero attached hydrogens (tertiary/aromatic N) is 2. The number of aromatic hydroxyl groups is 1. The van der Waals surface area contributed by atoms with Gasteiger partial charge in [-0.15, -0.1) is 0 Å². The molecule has 1 unspecified atom stereocenters. The Bertz CT molecular complexity index is 498. The molecule has 0 radical (unpaired) electrons. The zero-order chi connectivity index (χ0) is 15.4. The number of benzene rings is 1. The fraction of sp³-hybridized carbons (Fsp3) is 0.533. The first-order valence-corrected chi connectivity index (χ1v) is 7.06. The van der Waals surface area contributed by atoms with Crippen LogP contribution in [0.25, 0.3) is 0 Å². The molecule has 0 amide bonds. The standard InChI is InChI=1S/C15H22N2O4/c1-11(15(19)20)17-7-5-16(6-8-17)10-12-3-4-13(18)14(9-12)21-2/h3-4,9,11,18H,5-8,10H2,1-2H3,(H,19,20). The molecule has 2 N–H and O–H groups in total. The van der Waals surface area contributed by atoms with Crippen LogP contribution >= 0.6 is 0 Å². The molecule has 1 aliphatic rings. The average molecular weight is 294 g/mol. The van der Waals surface area contributed by atoms with Gasteiger partial charge in [0.1, 0.15) is 6.04 Å². The normalized spacial score (nSPS) is 18.4. The third-order valence-electron chi connectivity index (χ3n) is 3.96. The summed E-state index contributed by atoms with van der Waals surface area (Å²) in [6.07, 6.45) is 0. The summed E-state index contributed by atoms with van der Waals surface area (Å²) in [6, 6.07) is 4.92. The number of hydrogen-bond acceptors (Lipinski definition) is 5. The molecule has 2 rings (SSSR count). The molecule has 0 bridgehead atoms. The predicted molar refractivity (Wildman–Crippen MR) is 78.6 cm³/mol. The molecule has 1 atom stereocenters. The number of carboxylic acid groups (broad SMARTS) is 1. The van der Waals surface area contributed by atoms with Crippen molar-refractivity contribution in [1.29, 1.82) is 0 Å². The Labute approximate surface area is 124 Å². The maximum atomic E-state index is 11.0. The van der Waals surface area contributed by atoms with Crippen molar-refractivity contribution in [3.63, 3.8) is 0 Å². The topological polar surface area (TPSA) is 73.2 Å². The molecular formula is C15H22N2O4. The summed E-state index contributed by atoms with van der Waals surface area (Å²) in [7, 11) is 1.53. The molecule has 1 aromatic rings. The van der Waals surface area contributed by atoms with Gasteiger partial charge in [-0.05, 0) is 24.6 Å².